The van der Waals surface area contributed by atoms with Gasteiger partial charge in [-0.15, -0.1) is 0 Å². The van der Waals surface area contributed by atoms with Crippen LogP contribution in [0.5, 0.6) is 11.5 Å². The maximum atomic E-state index is 12.3. The molecular weight excluding hydrogens is 410 g/mol. The van der Waals surface area contributed by atoms with E-state index >= 15 is 0 Å². The number of nitrogens with one attached hydrogen (secondary N) is 1. The Bertz CT molecular complexity index is 938. The molecule has 0 unspecified atom stereocenters. The van der Waals surface area contributed by atoms with Crippen LogP contribution in [-0.4, -0.2) is 32.7 Å². The average Bonchev–Trinajstić information content (AvgIpc) is 2.53. The number of rotatable bonds is 6. The number of phenols is 1. The fourth-order valence-electron chi connectivity index (χ4n) is 2.08. The first kappa shape index (κ1) is 19.0. The topological polar surface area (TPSA) is 92.7 Å². The standard InChI is InChI=1S/C17H16BrNO5S/c1-24-17-10-16(21)14(18)9-12(17)6-7-15(20)11-4-3-5-13(8-11)19-25(2,22)23/h3-10,19,21H,1-2H3/b7-6+. The highest BCUT2D eigenvalue weighted by molar-refractivity contribution is 9.10. The van der Waals surface area contributed by atoms with Gasteiger partial charge in [-0.2, -0.15) is 0 Å². The molecule has 0 bridgehead atoms. The number of benzene rings is 2. The second-order valence-electron chi connectivity index (χ2n) is 5.20. The van der Waals surface area contributed by atoms with E-state index in [1.165, 1.54) is 25.3 Å². The number of carbonyl (C=O) groups excluding carboxylic acids is 1. The quantitative estimate of drug-likeness (QED) is 0.546. The van der Waals surface area contributed by atoms with E-state index in [1.54, 1.807) is 30.3 Å². The maximum absolute atomic E-state index is 12.3. The van der Waals surface area contributed by atoms with Crippen molar-refractivity contribution in [3.8, 4) is 11.5 Å². The van der Waals surface area contributed by atoms with Gasteiger partial charge >= 0.3 is 0 Å². The lowest BCUT2D eigenvalue weighted by molar-refractivity contribution is 0.104. The summed E-state index contributed by atoms with van der Waals surface area (Å²) >= 11 is 3.21. The largest absolute Gasteiger partial charge is 0.507 e. The number of carbonyl (C=O) groups is 1. The molecule has 0 heterocycles. The van der Waals surface area contributed by atoms with Gasteiger partial charge in [0.15, 0.2) is 5.78 Å². The third-order valence-corrected chi connectivity index (χ3v) is 4.41. The molecule has 2 rings (SSSR count). The number of ether oxygens (including phenoxy) is 1. The highest BCUT2D eigenvalue weighted by Crippen LogP contribution is 2.32. The molecule has 0 radical (unpaired) electrons. The second-order valence-corrected chi connectivity index (χ2v) is 7.80. The van der Waals surface area contributed by atoms with Gasteiger partial charge < -0.3 is 9.84 Å². The maximum Gasteiger partial charge on any atom is 0.229 e. The first-order valence-electron chi connectivity index (χ1n) is 7.06. The fourth-order valence-corrected chi connectivity index (χ4v) is 2.99. The summed E-state index contributed by atoms with van der Waals surface area (Å²) < 4.78 is 30.5. The van der Waals surface area contributed by atoms with Gasteiger partial charge in [0.05, 0.1) is 17.8 Å². The van der Waals surface area contributed by atoms with E-state index in [9.17, 15) is 18.3 Å². The van der Waals surface area contributed by atoms with Crippen LogP contribution in [0.4, 0.5) is 5.69 Å². The number of sulfonamides is 1. The Balaban J connectivity index is 2.27. The van der Waals surface area contributed by atoms with Crippen molar-refractivity contribution in [3.63, 3.8) is 0 Å². The summed E-state index contributed by atoms with van der Waals surface area (Å²) in [5.74, 6) is 0.139. The molecule has 0 atom stereocenters. The van der Waals surface area contributed by atoms with Crippen molar-refractivity contribution in [2.45, 2.75) is 0 Å². The zero-order chi connectivity index (χ0) is 18.6. The number of hydrogen-bond acceptors (Lipinski definition) is 5. The Kier molecular flexibility index (Phi) is 5.86. The second kappa shape index (κ2) is 7.71. The molecule has 132 valence electrons. The fraction of sp³-hybridized carbons (Fsp3) is 0.118. The number of methoxy groups -OCH3 is 1. The van der Waals surface area contributed by atoms with Gasteiger partial charge in [-0.1, -0.05) is 12.1 Å². The minimum absolute atomic E-state index is 0.0277. The molecule has 6 nitrogen and oxygen atoms in total. The van der Waals surface area contributed by atoms with E-state index in [0.717, 1.165) is 6.26 Å². The number of aromatic hydroxyl groups is 1. The number of allylic oxidation sites excluding steroid dienone is 1. The van der Waals surface area contributed by atoms with Crippen LogP contribution in [-0.2, 0) is 10.0 Å². The van der Waals surface area contributed by atoms with E-state index in [-0.39, 0.29) is 11.5 Å². The lowest BCUT2D eigenvalue weighted by Gasteiger charge is -2.07. The number of anilines is 1. The molecule has 0 saturated carbocycles. The average molecular weight is 426 g/mol. The summed E-state index contributed by atoms with van der Waals surface area (Å²) in [6.07, 6.45) is 3.94. The number of ketones is 1. The third-order valence-electron chi connectivity index (χ3n) is 3.16. The predicted molar refractivity (Wildman–Crippen MR) is 101 cm³/mol. The summed E-state index contributed by atoms with van der Waals surface area (Å²) in [5, 5.41) is 9.66. The smallest absolute Gasteiger partial charge is 0.229 e. The van der Waals surface area contributed by atoms with Gasteiger partial charge in [0.2, 0.25) is 10.0 Å². The molecule has 0 aliphatic heterocycles. The van der Waals surface area contributed by atoms with Crippen molar-refractivity contribution < 1.29 is 23.1 Å². The number of phenolic OH excluding ortho intramolecular Hbond substituents is 1. The summed E-state index contributed by atoms with van der Waals surface area (Å²) in [4.78, 5) is 12.3. The van der Waals surface area contributed by atoms with Crippen LogP contribution in [0.2, 0.25) is 0 Å². The van der Waals surface area contributed by atoms with E-state index < -0.39 is 10.0 Å². The highest BCUT2D eigenvalue weighted by Gasteiger charge is 2.09. The first-order valence-corrected chi connectivity index (χ1v) is 9.75. The minimum Gasteiger partial charge on any atom is -0.507 e. The zero-order valence-corrected chi connectivity index (χ0v) is 15.9. The van der Waals surface area contributed by atoms with Gasteiger partial charge in [-0.05, 0) is 46.3 Å². The van der Waals surface area contributed by atoms with Crippen LogP contribution in [0.25, 0.3) is 6.08 Å². The van der Waals surface area contributed by atoms with Crippen LogP contribution >= 0.6 is 15.9 Å². The van der Waals surface area contributed by atoms with Crippen LogP contribution in [0.15, 0.2) is 46.9 Å². The zero-order valence-electron chi connectivity index (χ0n) is 13.5. The molecule has 0 aliphatic carbocycles. The van der Waals surface area contributed by atoms with Crippen molar-refractivity contribution in [3.05, 3.63) is 58.1 Å². The van der Waals surface area contributed by atoms with Crippen molar-refractivity contribution in [2.24, 2.45) is 0 Å². The van der Waals surface area contributed by atoms with Gasteiger partial charge in [-0.25, -0.2) is 8.42 Å². The molecule has 2 N–H and O–H groups in total. The molecule has 25 heavy (non-hydrogen) atoms. The Labute approximate surface area is 154 Å². The highest BCUT2D eigenvalue weighted by atomic mass is 79.9. The molecule has 0 aliphatic rings. The van der Waals surface area contributed by atoms with E-state index in [2.05, 4.69) is 20.7 Å². The van der Waals surface area contributed by atoms with Gasteiger partial charge in [0.1, 0.15) is 11.5 Å². The normalized spacial score (nSPS) is 11.5. The lowest BCUT2D eigenvalue weighted by atomic mass is 10.1. The van der Waals surface area contributed by atoms with Crippen molar-refractivity contribution in [2.75, 3.05) is 18.1 Å². The SMILES string of the molecule is COc1cc(O)c(Br)cc1/C=C/C(=O)c1cccc(NS(C)(=O)=O)c1. The molecule has 0 saturated heterocycles. The lowest BCUT2D eigenvalue weighted by Crippen LogP contribution is -2.10. The van der Waals surface area contributed by atoms with Crippen LogP contribution in [0.3, 0.4) is 0 Å². The third kappa shape index (κ3) is 5.33. The van der Waals surface area contributed by atoms with Crippen LogP contribution in [0, 0.1) is 0 Å². The molecule has 0 fully saturated rings. The Morgan fingerprint density at radius 1 is 1.28 bits per heavy atom. The summed E-state index contributed by atoms with van der Waals surface area (Å²) in [5.41, 5.74) is 1.25. The van der Waals surface area contributed by atoms with Crippen molar-refractivity contribution in [1.82, 2.24) is 0 Å². The van der Waals surface area contributed by atoms with Gasteiger partial charge in [-0.3, -0.25) is 9.52 Å². The van der Waals surface area contributed by atoms with E-state index in [4.69, 9.17) is 4.74 Å². The molecule has 0 aromatic heterocycles. The first-order chi connectivity index (χ1) is 11.7. The summed E-state index contributed by atoms with van der Waals surface area (Å²) in [6, 6.07) is 9.25. The Morgan fingerprint density at radius 3 is 2.64 bits per heavy atom. The summed E-state index contributed by atoms with van der Waals surface area (Å²) in [7, 11) is -1.96. The molecule has 0 amide bonds. The predicted octanol–water partition coefficient (Wildman–Crippen LogP) is 3.43. The van der Waals surface area contributed by atoms with Crippen molar-refractivity contribution in [1.29, 1.82) is 0 Å². The van der Waals surface area contributed by atoms with Crippen LogP contribution in [0.1, 0.15) is 15.9 Å². The van der Waals surface area contributed by atoms with E-state index in [1.807, 2.05) is 0 Å². The molecule has 8 heteroatoms. The van der Waals surface area contributed by atoms with Crippen LogP contribution < -0.4 is 9.46 Å². The Hall–Kier alpha value is -2.32. The van der Waals surface area contributed by atoms with Crippen molar-refractivity contribution >= 4 is 43.5 Å². The van der Waals surface area contributed by atoms with E-state index in [0.29, 0.717) is 27.0 Å². The number of halogens is 1. The minimum atomic E-state index is -3.42. The van der Waals surface area contributed by atoms with Gasteiger partial charge in [0, 0.05) is 22.9 Å². The Morgan fingerprint density at radius 2 is 2.00 bits per heavy atom. The number of hydrogen-bond donors (Lipinski definition) is 2. The monoisotopic (exact) mass is 425 g/mol. The van der Waals surface area contributed by atoms with Gasteiger partial charge in [0.25, 0.3) is 0 Å². The molecule has 2 aromatic carbocycles. The molecular formula is C17H16BrNO5S. The summed E-state index contributed by atoms with van der Waals surface area (Å²) in [6.45, 7) is 0. The molecule has 2 aromatic rings. The molecule has 0 spiro atoms.